The van der Waals surface area contributed by atoms with Crippen molar-refractivity contribution < 1.29 is 4.74 Å². The quantitative estimate of drug-likeness (QED) is 0.852. The zero-order valence-corrected chi connectivity index (χ0v) is 13.8. The van der Waals surface area contributed by atoms with Gasteiger partial charge in [-0.1, -0.05) is 42.5 Å². The highest BCUT2D eigenvalue weighted by Gasteiger charge is 2.29. The van der Waals surface area contributed by atoms with E-state index >= 15 is 0 Å². The van der Waals surface area contributed by atoms with Crippen molar-refractivity contribution >= 4 is 5.69 Å². The normalized spacial score (nSPS) is 22.1. The summed E-state index contributed by atoms with van der Waals surface area (Å²) in [6, 6.07) is 19.5. The van der Waals surface area contributed by atoms with Crippen molar-refractivity contribution in [1.29, 1.82) is 0 Å². The Kier molecular flexibility index (Phi) is 5.31. The van der Waals surface area contributed by atoms with Crippen LogP contribution >= 0.6 is 0 Å². The molecule has 2 N–H and O–H groups in total. The molecule has 2 aromatic rings. The predicted molar refractivity (Wildman–Crippen MR) is 95.0 cm³/mol. The third-order valence-corrected chi connectivity index (χ3v) is 4.77. The molecule has 0 spiro atoms. The molecule has 3 rings (SSSR count). The smallest absolute Gasteiger partial charge is 0.0491 e. The first-order valence-corrected chi connectivity index (χ1v) is 8.38. The molecule has 1 fully saturated rings. The number of likely N-dealkylation sites (tertiary alicyclic amines) is 1. The van der Waals surface area contributed by atoms with Gasteiger partial charge in [0.15, 0.2) is 0 Å². The van der Waals surface area contributed by atoms with Gasteiger partial charge < -0.3 is 10.5 Å². The zero-order valence-electron chi connectivity index (χ0n) is 13.8. The Balaban J connectivity index is 1.79. The molecule has 1 saturated heterocycles. The lowest BCUT2D eigenvalue weighted by molar-refractivity contribution is 0.0581. The Bertz CT molecular complexity index is 597. The van der Waals surface area contributed by atoms with Crippen LogP contribution in [0.5, 0.6) is 0 Å². The summed E-state index contributed by atoms with van der Waals surface area (Å²) in [5.41, 5.74) is 9.41. The van der Waals surface area contributed by atoms with Crippen molar-refractivity contribution in [3.05, 3.63) is 65.7 Å². The van der Waals surface area contributed by atoms with Crippen LogP contribution in [0.1, 0.15) is 30.0 Å². The fraction of sp³-hybridized carbons (Fsp3) is 0.400. The number of nitrogens with two attached hydrogens (primary N) is 1. The van der Waals surface area contributed by atoms with Crippen LogP contribution in [0, 0.1) is 5.92 Å². The van der Waals surface area contributed by atoms with Crippen molar-refractivity contribution in [3.8, 4) is 0 Å². The van der Waals surface area contributed by atoms with E-state index < -0.39 is 0 Å². The van der Waals surface area contributed by atoms with Gasteiger partial charge in [-0.3, -0.25) is 4.90 Å². The van der Waals surface area contributed by atoms with Crippen molar-refractivity contribution in [1.82, 2.24) is 4.90 Å². The maximum atomic E-state index is 5.86. The minimum Gasteiger partial charge on any atom is -0.399 e. The second-order valence-corrected chi connectivity index (χ2v) is 6.48. The van der Waals surface area contributed by atoms with E-state index in [1.165, 1.54) is 17.5 Å². The Labute approximate surface area is 139 Å². The SMILES string of the molecule is COCC1CCN(Cc2ccccc2)C(c2ccc(N)cc2)C1. The number of hydrogen-bond donors (Lipinski definition) is 1. The standard InChI is InChI=1S/C20H26N2O/c1-23-15-17-11-12-22(14-16-5-3-2-4-6-16)20(13-17)18-7-9-19(21)10-8-18/h2-10,17,20H,11-15,21H2,1H3. The molecular formula is C20H26N2O. The zero-order chi connectivity index (χ0) is 16.1. The van der Waals surface area contributed by atoms with E-state index in [2.05, 4.69) is 47.4 Å². The Morgan fingerprint density at radius 1 is 1.09 bits per heavy atom. The third kappa shape index (κ3) is 4.12. The number of hydrogen-bond acceptors (Lipinski definition) is 3. The molecule has 0 saturated carbocycles. The average molecular weight is 310 g/mol. The molecule has 23 heavy (non-hydrogen) atoms. The van der Waals surface area contributed by atoms with Gasteiger partial charge in [0, 0.05) is 32.0 Å². The molecule has 3 nitrogen and oxygen atoms in total. The highest BCUT2D eigenvalue weighted by molar-refractivity contribution is 5.40. The van der Waals surface area contributed by atoms with E-state index in [4.69, 9.17) is 10.5 Å². The summed E-state index contributed by atoms with van der Waals surface area (Å²) in [5, 5.41) is 0. The topological polar surface area (TPSA) is 38.5 Å². The van der Waals surface area contributed by atoms with E-state index in [0.29, 0.717) is 12.0 Å². The van der Waals surface area contributed by atoms with E-state index in [0.717, 1.165) is 31.8 Å². The fourth-order valence-corrected chi connectivity index (χ4v) is 3.55. The monoisotopic (exact) mass is 310 g/mol. The van der Waals surface area contributed by atoms with Crippen LogP contribution in [0.4, 0.5) is 5.69 Å². The first kappa shape index (κ1) is 16.0. The third-order valence-electron chi connectivity index (χ3n) is 4.77. The van der Waals surface area contributed by atoms with Crippen LogP contribution in [0.3, 0.4) is 0 Å². The number of piperidine rings is 1. The summed E-state index contributed by atoms with van der Waals surface area (Å²) in [6.45, 7) is 2.96. The van der Waals surface area contributed by atoms with E-state index in [9.17, 15) is 0 Å². The summed E-state index contributed by atoms with van der Waals surface area (Å²) in [5.74, 6) is 0.634. The van der Waals surface area contributed by atoms with Crippen LogP contribution < -0.4 is 5.73 Å². The number of anilines is 1. The fourth-order valence-electron chi connectivity index (χ4n) is 3.55. The lowest BCUT2D eigenvalue weighted by Gasteiger charge is -2.40. The molecular weight excluding hydrogens is 284 g/mol. The first-order chi connectivity index (χ1) is 11.3. The minimum absolute atomic E-state index is 0.435. The lowest BCUT2D eigenvalue weighted by Crippen LogP contribution is -2.37. The van der Waals surface area contributed by atoms with Gasteiger partial charge in [0.1, 0.15) is 0 Å². The molecule has 0 amide bonds. The largest absolute Gasteiger partial charge is 0.399 e. The maximum Gasteiger partial charge on any atom is 0.0491 e. The van der Waals surface area contributed by atoms with E-state index in [1.54, 1.807) is 7.11 Å². The van der Waals surface area contributed by atoms with E-state index in [1.807, 2.05) is 12.1 Å². The highest BCUT2D eigenvalue weighted by atomic mass is 16.5. The molecule has 1 heterocycles. The van der Waals surface area contributed by atoms with Crippen LogP contribution in [0.15, 0.2) is 54.6 Å². The van der Waals surface area contributed by atoms with Crippen LogP contribution in [-0.2, 0) is 11.3 Å². The van der Waals surface area contributed by atoms with E-state index in [-0.39, 0.29) is 0 Å². The van der Waals surface area contributed by atoms with Gasteiger partial charge in [-0.2, -0.15) is 0 Å². The Morgan fingerprint density at radius 3 is 2.52 bits per heavy atom. The molecule has 0 aromatic heterocycles. The summed E-state index contributed by atoms with van der Waals surface area (Å²) in [6.07, 6.45) is 2.34. The van der Waals surface area contributed by atoms with Crippen LogP contribution in [0.2, 0.25) is 0 Å². The maximum absolute atomic E-state index is 5.86. The summed E-state index contributed by atoms with van der Waals surface area (Å²) in [4.78, 5) is 2.59. The number of rotatable bonds is 5. The Hall–Kier alpha value is -1.84. The number of methoxy groups -OCH3 is 1. The Morgan fingerprint density at radius 2 is 1.83 bits per heavy atom. The van der Waals surface area contributed by atoms with Crippen molar-refractivity contribution in [2.45, 2.75) is 25.4 Å². The van der Waals surface area contributed by atoms with Crippen LogP contribution in [0.25, 0.3) is 0 Å². The van der Waals surface area contributed by atoms with Gasteiger partial charge in [-0.05, 0) is 48.6 Å². The molecule has 1 aliphatic rings. The molecule has 2 unspecified atom stereocenters. The molecule has 1 aliphatic heterocycles. The van der Waals surface area contributed by atoms with Crippen molar-refractivity contribution in [2.24, 2.45) is 5.92 Å². The minimum atomic E-state index is 0.435. The first-order valence-electron chi connectivity index (χ1n) is 8.38. The van der Waals surface area contributed by atoms with Gasteiger partial charge in [-0.15, -0.1) is 0 Å². The predicted octanol–water partition coefficient (Wildman–Crippen LogP) is 3.87. The second-order valence-electron chi connectivity index (χ2n) is 6.48. The number of ether oxygens (including phenoxy) is 1. The molecule has 0 radical (unpaired) electrons. The molecule has 0 bridgehead atoms. The molecule has 2 aromatic carbocycles. The van der Waals surface area contributed by atoms with Crippen molar-refractivity contribution in [2.75, 3.05) is 26.0 Å². The summed E-state index contributed by atoms with van der Waals surface area (Å²) >= 11 is 0. The summed E-state index contributed by atoms with van der Waals surface area (Å²) < 4.78 is 5.40. The highest BCUT2D eigenvalue weighted by Crippen LogP contribution is 2.35. The van der Waals surface area contributed by atoms with Crippen LogP contribution in [-0.4, -0.2) is 25.2 Å². The molecule has 0 aliphatic carbocycles. The number of nitrogens with zero attached hydrogens (tertiary/aromatic N) is 1. The molecule has 3 heteroatoms. The lowest BCUT2D eigenvalue weighted by atomic mass is 9.87. The van der Waals surface area contributed by atoms with Gasteiger partial charge in [0.2, 0.25) is 0 Å². The average Bonchev–Trinajstić information content (AvgIpc) is 2.58. The van der Waals surface area contributed by atoms with Gasteiger partial charge in [0.05, 0.1) is 0 Å². The molecule has 122 valence electrons. The van der Waals surface area contributed by atoms with Gasteiger partial charge in [0.25, 0.3) is 0 Å². The van der Waals surface area contributed by atoms with Gasteiger partial charge in [-0.25, -0.2) is 0 Å². The summed E-state index contributed by atoms with van der Waals surface area (Å²) in [7, 11) is 1.80. The van der Waals surface area contributed by atoms with Crippen molar-refractivity contribution in [3.63, 3.8) is 0 Å². The number of benzene rings is 2. The number of nitrogen functional groups attached to an aromatic ring is 1. The second kappa shape index (κ2) is 7.62. The molecule has 2 atom stereocenters. The van der Waals surface area contributed by atoms with Gasteiger partial charge >= 0.3 is 0 Å².